The second-order valence-corrected chi connectivity index (χ2v) is 11.3. The smallest absolute Gasteiger partial charge is 0.221 e. The molecule has 2 heterocycles. The molecular formula is C25H31FN2O4S. The molecule has 2 aliphatic heterocycles. The van der Waals surface area contributed by atoms with E-state index in [4.69, 9.17) is 10.5 Å². The number of ether oxygens (including phenoxy) is 1. The standard InChI is InChI=1S/C25H31FN2O4S/c1-18-7-10-23(19-5-3-2-4-6-19)33(30,31)28(18)17-20-8-9-21(15-22(20)26)25(16-24(27)29)11-13-32-14-12-25/h2-6,8-9,15,18,23H,7,10-14,16-17H2,1H3,(H2,27,29)/t18-,23+/m0/s1. The van der Waals surface area contributed by atoms with Gasteiger partial charge in [-0.2, -0.15) is 4.31 Å². The van der Waals surface area contributed by atoms with Crippen molar-refractivity contribution in [2.24, 2.45) is 5.73 Å². The van der Waals surface area contributed by atoms with E-state index in [1.807, 2.05) is 43.3 Å². The molecular weight excluding hydrogens is 443 g/mol. The first-order chi connectivity index (χ1) is 15.7. The molecule has 2 atom stereocenters. The van der Waals surface area contributed by atoms with Crippen molar-refractivity contribution in [2.45, 2.75) is 62.3 Å². The maximum atomic E-state index is 15.3. The zero-order valence-electron chi connectivity index (χ0n) is 18.9. The molecule has 2 aromatic rings. The SMILES string of the molecule is C[C@H]1CC[C@H](c2ccccc2)S(=O)(=O)N1Cc1ccc(C2(CC(N)=O)CCOCC2)cc1F. The number of benzene rings is 2. The summed E-state index contributed by atoms with van der Waals surface area (Å²) in [6.07, 6.45) is 2.56. The van der Waals surface area contributed by atoms with E-state index in [1.54, 1.807) is 6.07 Å². The van der Waals surface area contributed by atoms with Gasteiger partial charge in [0.25, 0.3) is 0 Å². The topological polar surface area (TPSA) is 89.7 Å². The molecule has 6 nitrogen and oxygen atoms in total. The Hall–Kier alpha value is -2.29. The molecule has 2 aromatic carbocycles. The van der Waals surface area contributed by atoms with Gasteiger partial charge >= 0.3 is 0 Å². The summed E-state index contributed by atoms with van der Waals surface area (Å²) in [4.78, 5) is 11.7. The van der Waals surface area contributed by atoms with Crippen LogP contribution in [0.3, 0.4) is 0 Å². The van der Waals surface area contributed by atoms with Crippen LogP contribution in [0.25, 0.3) is 0 Å². The fourth-order valence-corrected chi connectivity index (χ4v) is 7.38. The van der Waals surface area contributed by atoms with Crippen LogP contribution >= 0.6 is 0 Å². The minimum Gasteiger partial charge on any atom is -0.381 e. The lowest BCUT2D eigenvalue weighted by atomic mass is 9.71. The Morgan fingerprint density at radius 1 is 1.15 bits per heavy atom. The Labute approximate surface area is 195 Å². The van der Waals surface area contributed by atoms with Crippen molar-refractivity contribution in [1.82, 2.24) is 4.31 Å². The molecule has 0 spiro atoms. The minimum atomic E-state index is -3.65. The summed E-state index contributed by atoms with van der Waals surface area (Å²) in [5.41, 5.74) is 6.74. The van der Waals surface area contributed by atoms with Gasteiger partial charge in [0.2, 0.25) is 15.9 Å². The molecule has 0 radical (unpaired) electrons. The van der Waals surface area contributed by atoms with Gasteiger partial charge in [0.15, 0.2) is 0 Å². The normalized spacial score (nSPS) is 24.9. The van der Waals surface area contributed by atoms with E-state index >= 15 is 4.39 Å². The summed E-state index contributed by atoms with van der Waals surface area (Å²) < 4.78 is 49.1. The number of carbonyl (C=O) groups excluding carboxylic acids is 1. The van der Waals surface area contributed by atoms with Gasteiger partial charge in [0.1, 0.15) is 11.1 Å². The molecule has 0 aromatic heterocycles. The monoisotopic (exact) mass is 474 g/mol. The van der Waals surface area contributed by atoms with E-state index in [1.165, 1.54) is 10.4 Å². The molecule has 0 aliphatic carbocycles. The van der Waals surface area contributed by atoms with Crippen molar-refractivity contribution < 1.29 is 22.3 Å². The van der Waals surface area contributed by atoms with Crippen molar-refractivity contribution in [3.63, 3.8) is 0 Å². The number of sulfonamides is 1. The highest BCUT2D eigenvalue weighted by Gasteiger charge is 2.41. The predicted octanol–water partition coefficient (Wildman–Crippen LogP) is 3.80. The molecule has 2 N–H and O–H groups in total. The van der Waals surface area contributed by atoms with Gasteiger partial charge in [-0.1, -0.05) is 42.5 Å². The van der Waals surface area contributed by atoms with Crippen LogP contribution in [0.2, 0.25) is 0 Å². The predicted molar refractivity (Wildman–Crippen MR) is 124 cm³/mol. The van der Waals surface area contributed by atoms with Crippen LogP contribution in [0.4, 0.5) is 4.39 Å². The Bertz CT molecular complexity index is 1100. The van der Waals surface area contributed by atoms with E-state index in [9.17, 15) is 13.2 Å². The lowest BCUT2D eigenvalue weighted by molar-refractivity contribution is -0.120. The molecule has 2 fully saturated rings. The Kier molecular flexibility index (Phi) is 6.88. The van der Waals surface area contributed by atoms with Gasteiger partial charge in [0, 0.05) is 43.2 Å². The Balaban J connectivity index is 1.61. The molecule has 178 valence electrons. The van der Waals surface area contributed by atoms with Gasteiger partial charge in [0.05, 0.1) is 0 Å². The highest BCUT2D eigenvalue weighted by atomic mass is 32.2. The number of carbonyl (C=O) groups is 1. The van der Waals surface area contributed by atoms with E-state index in [0.29, 0.717) is 50.0 Å². The number of nitrogens with two attached hydrogens (primary N) is 1. The Morgan fingerprint density at radius 3 is 2.48 bits per heavy atom. The minimum absolute atomic E-state index is 0.0229. The van der Waals surface area contributed by atoms with E-state index in [0.717, 1.165) is 5.56 Å². The third kappa shape index (κ3) is 4.83. The molecule has 8 heteroatoms. The maximum absolute atomic E-state index is 15.3. The van der Waals surface area contributed by atoms with Crippen molar-refractivity contribution in [1.29, 1.82) is 0 Å². The largest absolute Gasteiger partial charge is 0.381 e. The van der Waals surface area contributed by atoms with Gasteiger partial charge < -0.3 is 10.5 Å². The fraction of sp³-hybridized carbons (Fsp3) is 0.480. The first kappa shape index (κ1) is 23.9. The zero-order valence-corrected chi connectivity index (χ0v) is 19.7. The maximum Gasteiger partial charge on any atom is 0.221 e. The van der Waals surface area contributed by atoms with Crippen LogP contribution in [0.15, 0.2) is 48.5 Å². The van der Waals surface area contributed by atoms with Crippen LogP contribution in [0, 0.1) is 5.82 Å². The lowest BCUT2D eigenvalue weighted by Crippen LogP contribution is -2.44. The third-order valence-electron chi connectivity index (χ3n) is 7.15. The molecule has 1 amide bonds. The van der Waals surface area contributed by atoms with Crippen molar-refractivity contribution >= 4 is 15.9 Å². The van der Waals surface area contributed by atoms with E-state index in [2.05, 4.69) is 0 Å². The van der Waals surface area contributed by atoms with E-state index in [-0.39, 0.29) is 19.0 Å². The Morgan fingerprint density at radius 2 is 1.85 bits per heavy atom. The summed E-state index contributed by atoms with van der Waals surface area (Å²) in [6.45, 7) is 2.82. The van der Waals surface area contributed by atoms with Crippen LogP contribution in [-0.2, 0) is 31.5 Å². The number of rotatable bonds is 6. The number of primary amides is 1. The highest BCUT2D eigenvalue weighted by Crippen LogP contribution is 2.40. The molecule has 33 heavy (non-hydrogen) atoms. The number of halogens is 1. The van der Waals surface area contributed by atoms with E-state index < -0.39 is 32.4 Å². The third-order valence-corrected chi connectivity index (χ3v) is 9.52. The molecule has 2 saturated heterocycles. The van der Waals surface area contributed by atoms with Gasteiger partial charge in [-0.15, -0.1) is 0 Å². The molecule has 0 unspecified atom stereocenters. The van der Waals surface area contributed by atoms with Crippen LogP contribution in [-0.4, -0.2) is 37.9 Å². The second kappa shape index (κ2) is 9.52. The summed E-state index contributed by atoms with van der Waals surface area (Å²) in [5.74, 6) is -0.895. The number of hydrogen-bond acceptors (Lipinski definition) is 4. The number of hydrogen-bond donors (Lipinski definition) is 1. The van der Waals surface area contributed by atoms with Crippen LogP contribution in [0.1, 0.15) is 61.0 Å². The fourth-order valence-electron chi connectivity index (χ4n) is 5.19. The highest BCUT2D eigenvalue weighted by molar-refractivity contribution is 7.89. The quantitative estimate of drug-likeness (QED) is 0.690. The van der Waals surface area contributed by atoms with Crippen molar-refractivity contribution in [3.8, 4) is 0 Å². The second-order valence-electron chi connectivity index (χ2n) is 9.26. The summed E-state index contributed by atoms with van der Waals surface area (Å²) in [7, 11) is -3.65. The average molecular weight is 475 g/mol. The van der Waals surface area contributed by atoms with Gasteiger partial charge in [-0.3, -0.25) is 4.79 Å². The number of amides is 1. The summed E-state index contributed by atoms with van der Waals surface area (Å²) in [6, 6.07) is 13.9. The summed E-state index contributed by atoms with van der Waals surface area (Å²) in [5, 5.41) is -0.627. The molecule has 0 saturated carbocycles. The molecule has 4 rings (SSSR count). The number of nitrogens with zero attached hydrogens (tertiary/aromatic N) is 1. The molecule has 2 aliphatic rings. The average Bonchev–Trinajstić information content (AvgIpc) is 2.78. The van der Waals surface area contributed by atoms with Gasteiger partial charge in [-0.05, 0) is 49.8 Å². The van der Waals surface area contributed by atoms with Crippen LogP contribution in [0.5, 0.6) is 0 Å². The van der Waals surface area contributed by atoms with Crippen LogP contribution < -0.4 is 5.73 Å². The first-order valence-electron chi connectivity index (χ1n) is 11.4. The molecule has 0 bridgehead atoms. The van der Waals surface area contributed by atoms with Crippen molar-refractivity contribution in [3.05, 3.63) is 71.0 Å². The van der Waals surface area contributed by atoms with Gasteiger partial charge in [-0.25, -0.2) is 12.8 Å². The summed E-state index contributed by atoms with van der Waals surface area (Å²) >= 11 is 0. The zero-order chi connectivity index (χ0) is 23.6. The first-order valence-corrected chi connectivity index (χ1v) is 12.9. The lowest BCUT2D eigenvalue weighted by Gasteiger charge is -2.38. The van der Waals surface area contributed by atoms with Crippen molar-refractivity contribution in [2.75, 3.05) is 13.2 Å².